The maximum Gasteiger partial charge on any atom is 1.00 e. The van der Waals surface area contributed by atoms with E-state index in [1.165, 1.54) is 46.9 Å². The zero-order valence-corrected chi connectivity index (χ0v) is 31.5. The van der Waals surface area contributed by atoms with E-state index in [9.17, 15) is 23.2 Å². The Balaban J connectivity index is 0.000000342. The fourth-order valence-electron chi connectivity index (χ4n) is 4.33. The molecule has 2 aromatic carbocycles. The summed E-state index contributed by atoms with van der Waals surface area (Å²) < 4.78 is 30.0. The summed E-state index contributed by atoms with van der Waals surface area (Å²) in [4.78, 5) is 44.1. The van der Waals surface area contributed by atoms with Gasteiger partial charge in [-0.15, -0.1) is 22.7 Å². The van der Waals surface area contributed by atoms with Gasteiger partial charge in [-0.05, 0) is 64.7 Å². The number of nitriles is 1. The van der Waals surface area contributed by atoms with Crippen molar-refractivity contribution in [3.8, 4) is 6.07 Å². The number of fused-ring (bicyclic) bond motifs is 2. The third-order valence-corrected chi connectivity index (χ3v) is 8.10. The topological polar surface area (TPSA) is 127 Å². The number of rotatable bonds is 2. The summed E-state index contributed by atoms with van der Waals surface area (Å²) in [5.74, 6) is -2.12. The fraction of sp³-hybridized carbons (Fsp3) is 0.265. The Morgan fingerprint density at radius 2 is 1.47 bits per heavy atom. The summed E-state index contributed by atoms with van der Waals surface area (Å²) in [6, 6.07) is 19.6. The number of hydrogen-bond donors (Lipinski definition) is 1. The van der Waals surface area contributed by atoms with E-state index in [0.717, 1.165) is 56.6 Å². The van der Waals surface area contributed by atoms with Crippen LogP contribution < -0.4 is 34.9 Å². The minimum atomic E-state index is -0.639. The predicted octanol–water partition coefficient (Wildman–Crippen LogP) is 3.60. The van der Waals surface area contributed by atoms with Crippen molar-refractivity contribution < 1.29 is 67.2 Å². The Morgan fingerprint density at radius 3 is 2.04 bits per heavy atom. The zero-order chi connectivity index (χ0) is 35.5. The number of benzene rings is 2. The van der Waals surface area contributed by atoms with Gasteiger partial charge >= 0.3 is 41.5 Å². The molecular weight excluding hydrogens is 682 g/mol. The van der Waals surface area contributed by atoms with E-state index >= 15 is 0 Å². The second-order valence-corrected chi connectivity index (χ2v) is 11.7. The molecule has 1 unspecified atom stereocenters. The van der Waals surface area contributed by atoms with Crippen molar-refractivity contribution >= 4 is 54.3 Å². The van der Waals surface area contributed by atoms with Gasteiger partial charge in [-0.3, -0.25) is 9.79 Å². The average Bonchev–Trinajstić information content (AvgIpc) is 3.75. The Labute approximate surface area is 316 Å². The quantitative estimate of drug-likeness (QED) is 0.190. The predicted molar refractivity (Wildman–Crippen MR) is 182 cm³/mol. The second-order valence-electron chi connectivity index (χ2n) is 9.72. The van der Waals surface area contributed by atoms with Gasteiger partial charge in [0.05, 0.1) is 17.8 Å². The Morgan fingerprint density at radius 1 is 0.898 bits per heavy atom. The molecule has 1 N–H and O–H groups in total. The third kappa shape index (κ3) is 15.6. The van der Waals surface area contributed by atoms with E-state index in [1.807, 2.05) is 12.1 Å². The molecular formula is C34H34BF2N3NaO6S2. The normalized spacial score (nSPS) is 13.2. The first-order valence-corrected chi connectivity index (χ1v) is 16.2. The minimum Gasteiger partial charge on any atom is -0.793 e. The number of carbonyl (C=O) groups is 3. The Hall–Kier alpha value is -3.71. The summed E-state index contributed by atoms with van der Waals surface area (Å²) in [6.07, 6.45) is 2.09. The molecule has 0 bridgehead atoms. The van der Waals surface area contributed by atoms with Crippen LogP contribution >= 0.6 is 22.7 Å². The van der Waals surface area contributed by atoms with E-state index in [2.05, 4.69) is 55.7 Å². The van der Waals surface area contributed by atoms with E-state index < -0.39 is 17.9 Å². The zero-order valence-electron chi connectivity index (χ0n) is 27.8. The number of aliphatic imine (C=N–C) groups is 1. The first-order valence-electron chi connectivity index (χ1n) is 14.5. The van der Waals surface area contributed by atoms with Gasteiger partial charge in [0.2, 0.25) is 5.97 Å². The standard InChI is InChI=1S/C13H12FNS.C13H10FNS.C4H6O4.C2H3BO2.C2H3N.Na/c2*14-10-3-1-2-9(8-10)13-11-5-7-16-12(11)4-6-15-13;1-3(5)7-8-4(2)6;1-2(4)5-3;1-2-3;/h1-3,5,7-8,13,15H,4,6H2;1-3,5,7-8H,4,6H2;1-2H3;1H3;1H3;/q;;;-1;;+1. The number of hydrogen-bond acceptors (Lipinski definition) is 11. The van der Waals surface area contributed by atoms with Crippen molar-refractivity contribution in [2.75, 3.05) is 13.1 Å². The van der Waals surface area contributed by atoms with Crippen molar-refractivity contribution in [2.24, 2.45) is 4.99 Å². The monoisotopic (exact) mass is 716 g/mol. The molecule has 9 nitrogen and oxygen atoms in total. The number of nitrogens with one attached hydrogen (secondary N) is 1. The molecule has 15 heteroatoms. The maximum absolute atomic E-state index is 13.2. The molecule has 0 fully saturated rings. The van der Waals surface area contributed by atoms with Crippen molar-refractivity contribution in [2.45, 2.75) is 46.6 Å². The van der Waals surface area contributed by atoms with Gasteiger partial charge < -0.3 is 18.0 Å². The molecule has 0 saturated heterocycles. The minimum absolute atomic E-state index is 0. The summed E-state index contributed by atoms with van der Waals surface area (Å²) in [5, 5.41) is 15.0. The molecule has 49 heavy (non-hydrogen) atoms. The van der Waals surface area contributed by atoms with Crippen LogP contribution in [0.15, 0.2) is 76.4 Å². The first-order chi connectivity index (χ1) is 23.0. The number of carbonyl (C=O) groups excluding carboxylic acids is 3. The molecule has 0 saturated carbocycles. The molecule has 1 atom stereocenters. The van der Waals surface area contributed by atoms with Crippen molar-refractivity contribution in [3.05, 3.63) is 115 Å². The summed E-state index contributed by atoms with van der Waals surface area (Å²) in [5.41, 5.74) is 5.30. The first kappa shape index (κ1) is 43.3. The van der Waals surface area contributed by atoms with Crippen LogP contribution in [0.2, 0.25) is 0 Å². The Bertz CT molecular complexity index is 1710. The fourth-order valence-corrected chi connectivity index (χ4v) is 6.12. The van der Waals surface area contributed by atoms with Crippen LogP contribution in [0.5, 0.6) is 0 Å². The van der Waals surface area contributed by atoms with Gasteiger partial charge in [0, 0.05) is 68.1 Å². The molecule has 251 valence electrons. The smallest absolute Gasteiger partial charge is 0.793 e. The van der Waals surface area contributed by atoms with E-state index in [1.54, 1.807) is 53.0 Å². The van der Waals surface area contributed by atoms with E-state index in [-0.39, 0.29) is 47.2 Å². The molecule has 3 radical (unpaired) electrons. The summed E-state index contributed by atoms with van der Waals surface area (Å²) in [6.45, 7) is 6.72. The van der Waals surface area contributed by atoms with Gasteiger partial charge in [0.15, 0.2) is 0 Å². The average molecular weight is 717 g/mol. The molecule has 4 aromatic rings. The van der Waals surface area contributed by atoms with Crippen LogP contribution in [0.25, 0.3) is 0 Å². The largest absolute Gasteiger partial charge is 1.00 e. The second kappa shape index (κ2) is 23.6. The summed E-state index contributed by atoms with van der Waals surface area (Å²) in [7, 11) is 4.32. The van der Waals surface area contributed by atoms with Gasteiger partial charge in [0.25, 0.3) is 0 Å². The van der Waals surface area contributed by atoms with Crippen LogP contribution in [0.3, 0.4) is 0 Å². The van der Waals surface area contributed by atoms with Crippen molar-refractivity contribution in [1.82, 2.24) is 5.32 Å². The van der Waals surface area contributed by atoms with E-state index in [4.69, 9.17) is 5.26 Å². The van der Waals surface area contributed by atoms with Gasteiger partial charge in [-0.25, -0.2) is 28.1 Å². The molecule has 0 spiro atoms. The van der Waals surface area contributed by atoms with Crippen molar-refractivity contribution in [1.29, 1.82) is 5.26 Å². The molecule has 4 heterocycles. The SMILES string of the molecule is CC#N.CC(=O)OOC(C)=O.Fc1cccc(C2=NCCc3sccc32)c1.Fc1cccc(C2NCCc3sccc32)c1.[B-]OC(C)=O.[Na+]. The van der Waals surface area contributed by atoms with Gasteiger partial charge in [0.1, 0.15) is 11.6 Å². The molecule has 6 rings (SSSR count). The summed E-state index contributed by atoms with van der Waals surface area (Å²) >= 11 is 3.55. The van der Waals surface area contributed by atoms with Gasteiger partial charge in [-0.2, -0.15) is 5.26 Å². The van der Waals surface area contributed by atoms with Crippen molar-refractivity contribution in [3.63, 3.8) is 0 Å². The number of nitrogens with zero attached hydrogens (tertiary/aromatic N) is 2. The van der Waals surface area contributed by atoms with Crippen LogP contribution in [0, 0.1) is 23.0 Å². The van der Waals surface area contributed by atoms with Crippen LogP contribution in [0.4, 0.5) is 8.78 Å². The Kier molecular flexibility index (Phi) is 20.9. The van der Waals surface area contributed by atoms with Crippen LogP contribution in [-0.2, 0) is 41.7 Å². The van der Waals surface area contributed by atoms with Gasteiger partial charge in [-0.1, -0.05) is 24.3 Å². The molecule has 0 aliphatic carbocycles. The molecule has 2 aliphatic rings. The maximum atomic E-state index is 13.2. The third-order valence-electron chi connectivity index (χ3n) is 6.12. The van der Waals surface area contributed by atoms with Crippen LogP contribution in [-0.4, -0.2) is 44.8 Å². The molecule has 2 aliphatic heterocycles. The number of thiophene rings is 2. The van der Waals surface area contributed by atoms with E-state index in [0.29, 0.717) is 0 Å². The van der Waals surface area contributed by atoms with Crippen LogP contribution in [0.1, 0.15) is 65.7 Å². The molecule has 0 amide bonds. The number of halogens is 2. The molecule has 2 aromatic heterocycles.